The quantitative estimate of drug-likeness (QED) is 0.611. The molecule has 0 spiro atoms. The Morgan fingerprint density at radius 2 is 2.06 bits per heavy atom. The van der Waals surface area contributed by atoms with E-state index in [1.807, 2.05) is 25.9 Å². The Hall–Kier alpha value is -2.19. The third kappa shape index (κ3) is 6.64. The molecule has 3 atom stereocenters. The number of fused-ring (bicyclic) bond motifs is 1. The Morgan fingerprint density at radius 1 is 1.39 bits per heavy atom. The van der Waals surface area contributed by atoms with Gasteiger partial charge in [-0.05, 0) is 27.1 Å². The molecule has 9 nitrogen and oxygen atoms in total. The Labute approximate surface area is 185 Å². The normalized spacial score (nSPS) is 20.4. The minimum absolute atomic E-state index is 0.112. The Kier molecular flexibility index (Phi) is 8.42. The largest absolute Gasteiger partial charge is 0.472 e. The summed E-state index contributed by atoms with van der Waals surface area (Å²) < 4.78 is 31.1. The molecule has 1 aliphatic rings. The average molecular weight is 453 g/mol. The van der Waals surface area contributed by atoms with E-state index in [9.17, 15) is 18.3 Å². The molecule has 0 aliphatic carbocycles. The first-order chi connectivity index (χ1) is 14.4. The lowest BCUT2D eigenvalue weighted by Gasteiger charge is -2.37. The van der Waals surface area contributed by atoms with E-state index in [2.05, 4.69) is 16.8 Å². The number of nitrogens with zero attached hydrogens (tertiary/aromatic N) is 4. The van der Waals surface area contributed by atoms with E-state index >= 15 is 0 Å². The number of pyridine rings is 1. The smallest absolute Gasteiger partial charge is 0.259 e. The van der Waals surface area contributed by atoms with Crippen molar-refractivity contribution >= 4 is 15.9 Å². The summed E-state index contributed by atoms with van der Waals surface area (Å²) >= 11 is 0. The molecule has 1 aromatic heterocycles. The maximum Gasteiger partial charge on any atom is 0.259 e. The van der Waals surface area contributed by atoms with Crippen LogP contribution in [0.3, 0.4) is 0 Å². The molecule has 172 valence electrons. The van der Waals surface area contributed by atoms with Crippen LogP contribution in [0.5, 0.6) is 5.88 Å². The van der Waals surface area contributed by atoms with E-state index < -0.39 is 22.2 Å². The van der Waals surface area contributed by atoms with Gasteiger partial charge >= 0.3 is 0 Å². The molecule has 0 saturated carbocycles. The second-order valence-corrected chi connectivity index (χ2v) is 10.4. The molecular weight excluding hydrogens is 420 g/mol. The van der Waals surface area contributed by atoms with Crippen molar-refractivity contribution in [2.75, 3.05) is 53.6 Å². The monoisotopic (exact) mass is 452 g/mol. The van der Waals surface area contributed by atoms with Crippen molar-refractivity contribution in [2.45, 2.75) is 26.0 Å². The highest BCUT2D eigenvalue weighted by atomic mass is 32.2. The van der Waals surface area contributed by atoms with Gasteiger partial charge in [-0.3, -0.25) is 9.69 Å². The molecular formula is C21H32N4O5S. The summed E-state index contributed by atoms with van der Waals surface area (Å²) in [7, 11) is 1.91. The second-order valence-electron chi connectivity index (χ2n) is 8.28. The van der Waals surface area contributed by atoms with Crippen LogP contribution in [0.25, 0.3) is 0 Å². The summed E-state index contributed by atoms with van der Waals surface area (Å²) in [6, 6.07) is 1.22. The summed E-state index contributed by atoms with van der Waals surface area (Å²) in [5.74, 6) is 5.64. The minimum Gasteiger partial charge on any atom is -0.472 e. The zero-order valence-electron chi connectivity index (χ0n) is 19.0. The second kappa shape index (κ2) is 10.4. The van der Waals surface area contributed by atoms with E-state index in [1.165, 1.54) is 17.5 Å². The van der Waals surface area contributed by atoms with E-state index in [4.69, 9.17) is 4.74 Å². The SMILES string of the molecule is C[C@@H]1CN([C@H](C)CO)C(=O)c2cc(C#CCN(C)C)cnc2O[C@@H]1CN(C)S(C)(=O)=O. The van der Waals surface area contributed by atoms with E-state index in [0.29, 0.717) is 18.7 Å². The highest BCUT2D eigenvalue weighted by Crippen LogP contribution is 2.27. The standard InChI is InChI=1S/C21H32N4O5S/c1-15-12-25(16(2)14-26)21(27)18-10-17(8-7-9-23(3)4)11-22-20(18)30-19(15)13-24(5)31(6,28)29/h10-11,15-16,19,26H,9,12-14H2,1-6H3/t15-,16-,19-/m1/s1. The number of rotatable bonds is 6. The molecule has 1 N–H and O–H groups in total. The highest BCUT2D eigenvalue weighted by molar-refractivity contribution is 7.88. The fourth-order valence-electron chi connectivity index (χ4n) is 3.08. The third-order valence-electron chi connectivity index (χ3n) is 5.15. The van der Waals surface area contributed by atoms with Gasteiger partial charge < -0.3 is 14.7 Å². The Bertz CT molecular complexity index is 954. The first-order valence-corrected chi connectivity index (χ1v) is 11.9. The van der Waals surface area contributed by atoms with Crippen molar-refractivity contribution in [3.63, 3.8) is 0 Å². The summed E-state index contributed by atoms with van der Waals surface area (Å²) in [5.41, 5.74) is 0.823. The number of carbonyl (C=O) groups excluding carboxylic acids is 1. The summed E-state index contributed by atoms with van der Waals surface area (Å²) in [5, 5.41) is 9.69. The predicted octanol–water partition coefficient (Wildman–Crippen LogP) is 0.106. The molecule has 2 rings (SSSR count). The van der Waals surface area contributed by atoms with Crippen LogP contribution >= 0.6 is 0 Å². The molecule has 0 radical (unpaired) electrons. The molecule has 2 heterocycles. The van der Waals surface area contributed by atoms with Gasteiger partial charge in [-0.15, -0.1) is 0 Å². The predicted molar refractivity (Wildman–Crippen MR) is 118 cm³/mol. The van der Waals surface area contributed by atoms with Gasteiger partial charge in [-0.1, -0.05) is 18.8 Å². The van der Waals surface area contributed by atoms with Crippen molar-refractivity contribution in [3.05, 3.63) is 23.4 Å². The van der Waals surface area contributed by atoms with Gasteiger partial charge in [0.2, 0.25) is 15.9 Å². The Morgan fingerprint density at radius 3 is 2.65 bits per heavy atom. The average Bonchev–Trinajstić information content (AvgIpc) is 2.69. The molecule has 0 saturated heterocycles. The van der Waals surface area contributed by atoms with Gasteiger partial charge in [-0.2, -0.15) is 0 Å². The molecule has 1 amide bonds. The topological polar surface area (TPSA) is 103 Å². The summed E-state index contributed by atoms with van der Waals surface area (Å²) in [6.45, 7) is 4.43. The van der Waals surface area contributed by atoms with Crippen LogP contribution in [0.1, 0.15) is 29.8 Å². The van der Waals surface area contributed by atoms with Crippen molar-refractivity contribution in [2.24, 2.45) is 5.92 Å². The van der Waals surface area contributed by atoms with E-state index in [-0.39, 0.29) is 36.4 Å². The fourth-order valence-corrected chi connectivity index (χ4v) is 3.49. The van der Waals surface area contributed by atoms with Crippen LogP contribution in [0.15, 0.2) is 12.3 Å². The van der Waals surface area contributed by atoms with Gasteiger partial charge in [0.1, 0.15) is 11.7 Å². The molecule has 0 bridgehead atoms. The van der Waals surface area contributed by atoms with Crippen LogP contribution in [-0.4, -0.2) is 104 Å². The zero-order valence-corrected chi connectivity index (χ0v) is 19.8. The summed E-state index contributed by atoms with van der Waals surface area (Å²) in [6.07, 6.45) is 2.14. The van der Waals surface area contributed by atoms with Gasteiger partial charge in [0.05, 0.1) is 32.0 Å². The first kappa shape index (κ1) is 25.1. The number of aromatic nitrogens is 1. The minimum atomic E-state index is -3.40. The van der Waals surface area contributed by atoms with E-state index in [1.54, 1.807) is 17.9 Å². The number of hydrogen-bond acceptors (Lipinski definition) is 7. The van der Waals surface area contributed by atoms with Crippen LogP contribution in [0, 0.1) is 17.8 Å². The number of ether oxygens (including phenoxy) is 1. The van der Waals surface area contributed by atoms with Crippen molar-refractivity contribution in [1.29, 1.82) is 0 Å². The number of likely N-dealkylation sites (N-methyl/N-ethyl adjacent to an activating group) is 1. The van der Waals surface area contributed by atoms with Crippen LogP contribution in [0.2, 0.25) is 0 Å². The maximum atomic E-state index is 13.3. The maximum absolute atomic E-state index is 13.3. The number of aliphatic hydroxyl groups is 1. The molecule has 0 unspecified atom stereocenters. The highest BCUT2D eigenvalue weighted by Gasteiger charge is 2.35. The van der Waals surface area contributed by atoms with Crippen LogP contribution in [0.4, 0.5) is 0 Å². The molecule has 0 aromatic carbocycles. The lowest BCUT2D eigenvalue weighted by atomic mass is 10.0. The van der Waals surface area contributed by atoms with Gasteiger partial charge in [0, 0.05) is 31.3 Å². The molecule has 31 heavy (non-hydrogen) atoms. The molecule has 10 heteroatoms. The van der Waals surface area contributed by atoms with Crippen LogP contribution < -0.4 is 4.74 Å². The molecule has 1 aromatic rings. The number of hydrogen-bond donors (Lipinski definition) is 1. The van der Waals surface area contributed by atoms with Crippen LogP contribution in [-0.2, 0) is 10.0 Å². The molecule has 1 aliphatic heterocycles. The van der Waals surface area contributed by atoms with Crippen molar-refractivity contribution < 1.29 is 23.1 Å². The van der Waals surface area contributed by atoms with E-state index in [0.717, 1.165) is 6.26 Å². The number of sulfonamides is 1. The Balaban J connectivity index is 2.48. The van der Waals surface area contributed by atoms with Crippen molar-refractivity contribution in [3.8, 4) is 17.7 Å². The first-order valence-electron chi connectivity index (χ1n) is 10.1. The van der Waals surface area contributed by atoms with Crippen molar-refractivity contribution in [1.82, 2.24) is 19.1 Å². The fraction of sp³-hybridized carbons (Fsp3) is 0.619. The van der Waals surface area contributed by atoms with Gasteiger partial charge in [0.15, 0.2) is 0 Å². The number of carbonyl (C=O) groups is 1. The zero-order chi connectivity index (χ0) is 23.3. The lowest BCUT2D eigenvalue weighted by Crippen LogP contribution is -2.50. The van der Waals surface area contributed by atoms with Gasteiger partial charge in [-0.25, -0.2) is 17.7 Å². The number of amides is 1. The summed E-state index contributed by atoms with van der Waals surface area (Å²) in [4.78, 5) is 21.1. The third-order valence-corrected chi connectivity index (χ3v) is 6.43. The number of aliphatic hydroxyl groups excluding tert-OH is 1. The van der Waals surface area contributed by atoms with Gasteiger partial charge in [0.25, 0.3) is 5.91 Å². The lowest BCUT2D eigenvalue weighted by molar-refractivity contribution is 0.0373. The molecule has 0 fully saturated rings.